The Hall–Kier alpha value is -0.990. The molecule has 0 saturated carbocycles. The zero-order valence-corrected chi connectivity index (χ0v) is 16.0. The molecule has 2 heterocycles. The number of aromatic nitrogens is 1. The number of hydrogen-bond donors (Lipinski definition) is 1. The van der Waals surface area contributed by atoms with E-state index in [9.17, 15) is 0 Å². The molecule has 1 aromatic rings. The Morgan fingerprint density at radius 3 is 2.30 bits per heavy atom. The number of rotatable bonds is 7. The smallest absolute Gasteiger partial charge is 0.0686 e. The molecular formula is C19H26Cl2N2. The van der Waals surface area contributed by atoms with Gasteiger partial charge in [-0.05, 0) is 81.7 Å². The van der Waals surface area contributed by atoms with E-state index in [1.807, 2.05) is 0 Å². The first-order valence-electron chi connectivity index (χ1n) is 8.27. The molecule has 2 nitrogen and oxygen atoms in total. The quantitative estimate of drug-likeness (QED) is 0.587. The van der Waals surface area contributed by atoms with Gasteiger partial charge in [-0.25, -0.2) is 0 Å². The highest BCUT2D eigenvalue weighted by atomic mass is 35.5. The van der Waals surface area contributed by atoms with Gasteiger partial charge < -0.3 is 4.98 Å². The number of halogens is 2. The number of aliphatic imine (C=N–C) groups is 1. The van der Waals surface area contributed by atoms with Crippen molar-refractivity contribution in [3.8, 4) is 0 Å². The first-order chi connectivity index (χ1) is 11.0. The van der Waals surface area contributed by atoms with Crippen LogP contribution in [0.3, 0.4) is 0 Å². The van der Waals surface area contributed by atoms with Gasteiger partial charge in [0.25, 0.3) is 0 Å². The number of aryl methyl sites for hydroxylation is 1. The Morgan fingerprint density at radius 1 is 1.00 bits per heavy atom. The SMILES string of the molecule is CC1=N/C(=C/c2[nH]c(C)c(CCCCl)c2C)C(C)=C1CCCCl. The van der Waals surface area contributed by atoms with E-state index >= 15 is 0 Å². The van der Waals surface area contributed by atoms with Crippen LogP contribution in [0.2, 0.25) is 0 Å². The molecule has 0 fully saturated rings. The van der Waals surface area contributed by atoms with Crippen LogP contribution >= 0.6 is 23.2 Å². The molecule has 4 heteroatoms. The lowest BCUT2D eigenvalue weighted by Gasteiger charge is -2.03. The van der Waals surface area contributed by atoms with E-state index in [0.29, 0.717) is 11.8 Å². The molecule has 0 saturated heterocycles. The monoisotopic (exact) mass is 352 g/mol. The van der Waals surface area contributed by atoms with Crippen LogP contribution in [0, 0.1) is 13.8 Å². The Labute approximate surface area is 149 Å². The van der Waals surface area contributed by atoms with Crippen LogP contribution in [-0.2, 0) is 6.42 Å². The number of aromatic amines is 1. The molecule has 1 aliphatic heterocycles. The van der Waals surface area contributed by atoms with Crippen LogP contribution < -0.4 is 0 Å². The van der Waals surface area contributed by atoms with Crippen molar-refractivity contribution in [2.75, 3.05) is 11.8 Å². The predicted octanol–water partition coefficient (Wildman–Crippen LogP) is 5.95. The third-order valence-corrected chi connectivity index (χ3v) is 5.13. The molecule has 126 valence electrons. The summed E-state index contributed by atoms with van der Waals surface area (Å²) >= 11 is 11.7. The van der Waals surface area contributed by atoms with Gasteiger partial charge >= 0.3 is 0 Å². The summed E-state index contributed by atoms with van der Waals surface area (Å²) in [6, 6.07) is 0. The number of nitrogens with one attached hydrogen (secondary N) is 1. The minimum atomic E-state index is 0.696. The van der Waals surface area contributed by atoms with Crippen molar-refractivity contribution in [2.45, 2.75) is 53.4 Å². The summed E-state index contributed by atoms with van der Waals surface area (Å²) in [6.07, 6.45) is 6.22. The summed E-state index contributed by atoms with van der Waals surface area (Å²) in [6.45, 7) is 8.57. The van der Waals surface area contributed by atoms with Gasteiger partial charge in [0.15, 0.2) is 0 Å². The van der Waals surface area contributed by atoms with Gasteiger partial charge in [0.1, 0.15) is 0 Å². The molecule has 0 atom stereocenters. The Balaban J connectivity index is 2.31. The minimum Gasteiger partial charge on any atom is -0.359 e. The van der Waals surface area contributed by atoms with Crippen molar-refractivity contribution in [1.29, 1.82) is 0 Å². The van der Waals surface area contributed by atoms with Crippen LogP contribution in [0.5, 0.6) is 0 Å². The lowest BCUT2D eigenvalue weighted by Crippen LogP contribution is -1.95. The second kappa shape index (κ2) is 8.21. The number of nitrogens with zero attached hydrogens (tertiary/aromatic N) is 1. The predicted molar refractivity (Wildman–Crippen MR) is 103 cm³/mol. The summed E-state index contributed by atoms with van der Waals surface area (Å²) in [5.41, 5.74) is 9.93. The van der Waals surface area contributed by atoms with E-state index < -0.39 is 0 Å². The van der Waals surface area contributed by atoms with Crippen molar-refractivity contribution in [2.24, 2.45) is 4.99 Å². The van der Waals surface area contributed by atoms with Gasteiger partial charge in [0.2, 0.25) is 0 Å². The van der Waals surface area contributed by atoms with Gasteiger partial charge in [-0.15, -0.1) is 23.2 Å². The minimum absolute atomic E-state index is 0.696. The van der Waals surface area contributed by atoms with Crippen LogP contribution in [0.1, 0.15) is 55.6 Å². The second-order valence-corrected chi connectivity index (χ2v) is 6.94. The summed E-state index contributed by atoms with van der Waals surface area (Å²) in [5, 5.41) is 0. The summed E-state index contributed by atoms with van der Waals surface area (Å²) in [7, 11) is 0. The first-order valence-corrected chi connectivity index (χ1v) is 9.34. The van der Waals surface area contributed by atoms with Crippen LogP contribution in [-0.4, -0.2) is 22.5 Å². The summed E-state index contributed by atoms with van der Waals surface area (Å²) < 4.78 is 0. The molecule has 1 aliphatic rings. The third-order valence-electron chi connectivity index (χ3n) is 4.60. The van der Waals surface area contributed by atoms with E-state index in [2.05, 4.69) is 38.8 Å². The summed E-state index contributed by atoms with van der Waals surface area (Å²) in [5.74, 6) is 1.40. The standard InChI is InChI=1S/C19H26Cl2N2/c1-12-16(7-5-9-20)14(3)22-18(12)11-19-13(2)17(8-6-10-21)15(4)23-19/h11,22H,5-10H2,1-4H3/b19-11+. The molecule has 0 aromatic carbocycles. The van der Waals surface area contributed by atoms with E-state index in [0.717, 1.165) is 42.8 Å². The number of hydrogen-bond acceptors (Lipinski definition) is 1. The Kier molecular flexibility index (Phi) is 6.55. The van der Waals surface area contributed by atoms with Gasteiger partial charge in [0.05, 0.1) is 5.70 Å². The highest BCUT2D eigenvalue weighted by Crippen LogP contribution is 2.31. The normalized spacial score (nSPS) is 16.6. The average molecular weight is 353 g/mol. The number of H-pyrrole nitrogens is 1. The Bertz CT molecular complexity index is 663. The first kappa shape index (κ1) is 18.4. The van der Waals surface area contributed by atoms with Crippen LogP contribution in [0.25, 0.3) is 6.08 Å². The number of alkyl halides is 2. The lowest BCUT2D eigenvalue weighted by atomic mass is 10.0. The molecule has 1 N–H and O–H groups in total. The maximum Gasteiger partial charge on any atom is 0.0686 e. The zero-order valence-electron chi connectivity index (χ0n) is 14.5. The summed E-state index contributed by atoms with van der Waals surface area (Å²) in [4.78, 5) is 8.27. The molecule has 23 heavy (non-hydrogen) atoms. The molecule has 0 spiro atoms. The van der Waals surface area contributed by atoms with Gasteiger partial charge in [-0.1, -0.05) is 0 Å². The van der Waals surface area contributed by atoms with Crippen molar-refractivity contribution in [1.82, 2.24) is 4.98 Å². The average Bonchev–Trinajstić information content (AvgIpc) is 2.93. The van der Waals surface area contributed by atoms with Crippen molar-refractivity contribution in [3.05, 3.63) is 39.4 Å². The highest BCUT2D eigenvalue weighted by Gasteiger charge is 2.18. The largest absolute Gasteiger partial charge is 0.359 e. The number of allylic oxidation sites excluding steroid dienone is 2. The fourth-order valence-corrected chi connectivity index (χ4v) is 3.49. The highest BCUT2D eigenvalue weighted by molar-refractivity contribution is 6.18. The molecule has 2 rings (SSSR count). The fourth-order valence-electron chi connectivity index (χ4n) is 3.23. The molecule has 0 unspecified atom stereocenters. The fraction of sp³-hybridized carbons (Fsp3) is 0.526. The van der Waals surface area contributed by atoms with E-state index in [1.54, 1.807) is 0 Å². The van der Waals surface area contributed by atoms with Gasteiger partial charge in [0, 0.05) is 28.9 Å². The van der Waals surface area contributed by atoms with Gasteiger partial charge in [-0.3, -0.25) is 4.99 Å². The molecule has 0 bridgehead atoms. The molecule has 0 radical (unpaired) electrons. The van der Waals surface area contributed by atoms with E-state index in [1.165, 1.54) is 28.0 Å². The third kappa shape index (κ3) is 4.10. The van der Waals surface area contributed by atoms with Crippen LogP contribution in [0.4, 0.5) is 0 Å². The maximum absolute atomic E-state index is 5.84. The van der Waals surface area contributed by atoms with Crippen molar-refractivity contribution in [3.63, 3.8) is 0 Å². The Morgan fingerprint density at radius 2 is 1.65 bits per heavy atom. The molecule has 1 aromatic heterocycles. The topological polar surface area (TPSA) is 28.1 Å². The van der Waals surface area contributed by atoms with E-state index in [-0.39, 0.29) is 0 Å². The van der Waals surface area contributed by atoms with Crippen molar-refractivity contribution >= 4 is 35.0 Å². The second-order valence-electron chi connectivity index (χ2n) is 6.18. The van der Waals surface area contributed by atoms with Crippen LogP contribution in [0.15, 0.2) is 21.8 Å². The van der Waals surface area contributed by atoms with Crippen molar-refractivity contribution < 1.29 is 0 Å². The maximum atomic E-state index is 5.84. The lowest BCUT2D eigenvalue weighted by molar-refractivity contribution is 0.912. The molecule has 0 aliphatic carbocycles. The van der Waals surface area contributed by atoms with Gasteiger partial charge in [-0.2, -0.15) is 0 Å². The molecular weight excluding hydrogens is 327 g/mol. The van der Waals surface area contributed by atoms with E-state index in [4.69, 9.17) is 28.2 Å². The molecule has 0 amide bonds. The zero-order chi connectivity index (χ0) is 17.0.